The van der Waals surface area contributed by atoms with E-state index in [1.165, 1.54) is 12.1 Å². The fourth-order valence-electron chi connectivity index (χ4n) is 2.57. The van der Waals surface area contributed by atoms with Crippen LogP contribution < -0.4 is 10.1 Å². The molecule has 27 heavy (non-hydrogen) atoms. The van der Waals surface area contributed by atoms with Crippen LogP contribution in [0.4, 0.5) is 10.3 Å². The van der Waals surface area contributed by atoms with E-state index in [2.05, 4.69) is 15.5 Å². The quantitative estimate of drug-likeness (QED) is 0.588. The highest BCUT2D eigenvalue weighted by molar-refractivity contribution is 6.03. The molecule has 1 amide bonds. The number of hydrogen-bond acceptors (Lipinski definition) is 4. The molecule has 0 aliphatic carbocycles. The molecule has 0 aliphatic heterocycles. The maximum absolute atomic E-state index is 12.9. The molecular weight excluding hydrogens is 347 g/mol. The van der Waals surface area contributed by atoms with Crippen molar-refractivity contribution in [2.75, 3.05) is 5.32 Å². The number of nitrogens with one attached hydrogen (secondary N) is 1. The molecule has 4 rings (SSSR count). The second kappa shape index (κ2) is 7.25. The zero-order valence-electron chi connectivity index (χ0n) is 14.2. The molecule has 0 radical (unpaired) electrons. The Bertz CT molecular complexity index is 1090. The van der Waals surface area contributed by atoms with E-state index in [4.69, 9.17) is 4.74 Å². The van der Waals surface area contributed by atoms with Gasteiger partial charge in [-0.3, -0.25) is 14.5 Å². The minimum Gasteiger partial charge on any atom is -0.489 e. The van der Waals surface area contributed by atoms with Crippen LogP contribution >= 0.6 is 0 Å². The Labute approximate surface area is 154 Å². The molecule has 0 saturated heterocycles. The van der Waals surface area contributed by atoms with Crippen molar-refractivity contribution in [1.29, 1.82) is 0 Å². The number of ether oxygens (including phenoxy) is 1. The first-order valence-electron chi connectivity index (χ1n) is 8.27. The lowest BCUT2D eigenvalue weighted by Gasteiger charge is -2.08. The highest BCUT2D eigenvalue weighted by Crippen LogP contribution is 2.17. The molecule has 0 spiro atoms. The standard InChI is InChI=1S/C20H15FN4O2/c21-16-9-7-14(8-10-16)13-27-17-5-3-4-15(12-17)19(26)22-20-24-23-18-6-1-2-11-25(18)20/h1-12H,13H2,(H,22,24,26). The zero-order valence-corrected chi connectivity index (χ0v) is 14.2. The first kappa shape index (κ1) is 16.7. The van der Waals surface area contributed by atoms with E-state index < -0.39 is 0 Å². The van der Waals surface area contributed by atoms with Gasteiger partial charge in [0.05, 0.1) is 0 Å². The van der Waals surface area contributed by atoms with Gasteiger partial charge in [-0.05, 0) is 48.0 Å². The Kier molecular flexibility index (Phi) is 4.49. The lowest BCUT2D eigenvalue weighted by molar-refractivity contribution is 0.102. The second-order valence-corrected chi connectivity index (χ2v) is 5.85. The number of benzene rings is 2. The first-order chi connectivity index (χ1) is 13.2. The maximum Gasteiger partial charge on any atom is 0.258 e. The van der Waals surface area contributed by atoms with Crippen molar-refractivity contribution in [3.8, 4) is 5.75 Å². The summed E-state index contributed by atoms with van der Waals surface area (Å²) in [6.07, 6.45) is 1.77. The monoisotopic (exact) mass is 362 g/mol. The summed E-state index contributed by atoms with van der Waals surface area (Å²) in [4.78, 5) is 12.5. The third-order valence-corrected chi connectivity index (χ3v) is 3.95. The van der Waals surface area contributed by atoms with Crippen LogP contribution in [0.2, 0.25) is 0 Å². The molecule has 0 saturated carbocycles. The summed E-state index contributed by atoms with van der Waals surface area (Å²) < 4.78 is 20.3. The number of amides is 1. The van der Waals surface area contributed by atoms with Crippen LogP contribution in [-0.2, 0) is 6.61 Å². The molecule has 2 aromatic heterocycles. The van der Waals surface area contributed by atoms with Gasteiger partial charge in [-0.15, -0.1) is 10.2 Å². The Morgan fingerprint density at radius 2 is 1.89 bits per heavy atom. The molecule has 7 heteroatoms. The summed E-state index contributed by atoms with van der Waals surface area (Å²) in [6, 6.07) is 18.4. The van der Waals surface area contributed by atoms with E-state index in [0.717, 1.165) is 5.56 Å². The summed E-state index contributed by atoms with van der Waals surface area (Å²) in [5.41, 5.74) is 1.91. The average Bonchev–Trinajstić information content (AvgIpc) is 3.11. The van der Waals surface area contributed by atoms with Gasteiger partial charge >= 0.3 is 0 Å². The van der Waals surface area contributed by atoms with Gasteiger partial charge in [0.15, 0.2) is 5.65 Å². The molecule has 4 aromatic rings. The van der Waals surface area contributed by atoms with Gasteiger partial charge in [0.1, 0.15) is 18.2 Å². The Hall–Kier alpha value is -3.74. The van der Waals surface area contributed by atoms with Crippen molar-refractivity contribution >= 4 is 17.5 Å². The van der Waals surface area contributed by atoms with Crippen LogP contribution in [0.5, 0.6) is 5.75 Å². The Morgan fingerprint density at radius 3 is 2.74 bits per heavy atom. The number of halogens is 1. The number of fused-ring (bicyclic) bond motifs is 1. The molecule has 0 aliphatic rings. The first-order valence-corrected chi connectivity index (χ1v) is 8.27. The number of carbonyl (C=O) groups is 1. The van der Waals surface area contributed by atoms with Gasteiger partial charge in [0.25, 0.3) is 5.91 Å². The third-order valence-electron chi connectivity index (χ3n) is 3.95. The Morgan fingerprint density at radius 1 is 1.04 bits per heavy atom. The van der Waals surface area contributed by atoms with Crippen molar-refractivity contribution in [1.82, 2.24) is 14.6 Å². The minimum absolute atomic E-state index is 0.278. The molecule has 134 valence electrons. The van der Waals surface area contributed by atoms with E-state index in [9.17, 15) is 9.18 Å². The zero-order chi connectivity index (χ0) is 18.6. The number of pyridine rings is 1. The van der Waals surface area contributed by atoms with Crippen molar-refractivity contribution < 1.29 is 13.9 Å². The summed E-state index contributed by atoms with van der Waals surface area (Å²) in [6.45, 7) is 0.278. The van der Waals surface area contributed by atoms with Gasteiger partial charge in [0.2, 0.25) is 5.95 Å². The van der Waals surface area contributed by atoms with Gasteiger partial charge in [-0.25, -0.2) is 4.39 Å². The van der Waals surface area contributed by atoms with E-state index in [-0.39, 0.29) is 18.3 Å². The van der Waals surface area contributed by atoms with E-state index in [0.29, 0.717) is 22.9 Å². The van der Waals surface area contributed by atoms with Crippen LogP contribution in [0.3, 0.4) is 0 Å². The lowest BCUT2D eigenvalue weighted by Crippen LogP contribution is -2.14. The summed E-state index contributed by atoms with van der Waals surface area (Å²) >= 11 is 0. The molecule has 1 N–H and O–H groups in total. The second-order valence-electron chi connectivity index (χ2n) is 5.85. The topological polar surface area (TPSA) is 68.5 Å². The largest absolute Gasteiger partial charge is 0.489 e. The average molecular weight is 362 g/mol. The van der Waals surface area contributed by atoms with Gasteiger partial charge in [0, 0.05) is 11.8 Å². The molecule has 0 bridgehead atoms. The summed E-state index contributed by atoms with van der Waals surface area (Å²) in [5.74, 6) is 0.269. The van der Waals surface area contributed by atoms with E-state index in [1.807, 2.05) is 12.1 Å². The number of rotatable bonds is 5. The van der Waals surface area contributed by atoms with E-state index >= 15 is 0 Å². The van der Waals surface area contributed by atoms with Crippen molar-refractivity contribution in [3.63, 3.8) is 0 Å². The fraction of sp³-hybridized carbons (Fsp3) is 0.0500. The van der Waals surface area contributed by atoms with Crippen LogP contribution in [0.25, 0.3) is 5.65 Å². The maximum atomic E-state index is 12.9. The van der Waals surface area contributed by atoms with E-state index in [1.54, 1.807) is 53.1 Å². The lowest BCUT2D eigenvalue weighted by atomic mass is 10.2. The van der Waals surface area contributed by atoms with Crippen LogP contribution in [0.15, 0.2) is 72.9 Å². The SMILES string of the molecule is O=C(Nc1nnc2ccccn12)c1cccc(OCc2ccc(F)cc2)c1. The number of nitrogens with zero attached hydrogens (tertiary/aromatic N) is 3. The highest BCUT2D eigenvalue weighted by atomic mass is 19.1. The normalized spacial score (nSPS) is 10.7. The van der Waals surface area contributed by atoms with Crippen LogP contribution in [-0.4, -0.2) is 20.5 Å². The van der Waals surface area contributed by atoms with Crippen molar-refractivity contribution in [3.05, 3.63) is 89.9 Å². The third kappa shape index (κ3) is 3.77. The summed E-state index contributed by atoms with van der Waals surface area (Å²) in [5, 5.41) is 10.7. The molecular formula is C20H15FN4O2. The molecule has 2 aromatic carbocycles. The van der Waals surface area contributed by atoms with Gasteiger partial charge < -0.3 is 4.74 Å². The number of carbonyl (C=O) groups excluding carboxylic acids is 1. The molecule has 6 nitrogen and oxygen atoms in total. The molecule has 2 heterocycles. The molecule has 0 fully saturated rings. The number of aromatic nitrogens is 3. The van der Waals surface area contributed by atoms with Crippen molar-refractivity contribution in [2.24, 2.45) is 0 Å². The molecule has 0 unspecified atom stereocenters. The Balaban J connectivity index is 1.46. The van der Waals surface area contributed by atoms with Crippen LogP contribution in [0, 0.1) is 5.82 Å². The smallest absolute Gasteiger partial charge is 0.258 e. The van der Waals surface area contributed by atoms with Crippen LogP contribution in [0.1, 0.15) is 15.9 Å². The van der Waals surface area contributed by atoms with Crippen molar-refractivity contribution in [2.45, 2.75) is 6.61 Å². The highest BCUT2D eigenvalue weighted by Gasteiger charge is 2.11. The van der Waals surface area contributed by atoms with Gasteiger partial charge in [-0.2, -0.15) is 0 Å². The number of hydrogen-bond donors (Lipinski definition) is 1. The summed E-state index contributed by atoms with van der Waals surface area (Å²) in [7, 11) is 0. The predicted octanol–water partition coefficient (Wildman–Crippen LogP) is 3.70. The van der Waals surface area contributed by atoms with Gasteiger partial charge in [-0.1, -0.05) is 24.3 Å². The number of anilines is 1. The molecule has 0 atom stereocenters. The minimum atomic E-state index is -0.319. The fourth-order valence-corrected chi connectivity index (χ4v) is 2.57. The predicted molar refractivity (Wildman–Crippen MR) is 98.1 cm³/mol.